The van der Waals surface area contributed by atoms with Gasteiger partial charge in [-0.25, -0.2) is 4.98 Å². The van der Waals surface area contributed by atoms with Crippen molar-refractivity contribution in [2.24, 2.45) is 7.05 Å². The number of aromatic nitrogens is 3. The second kappa shape index (κ2) is 8.02. The SMILES string of the molecule is COc1cccc(C(NC(=O)c2cc(-c3ccccc3)on2)c2nccn2C)c1. The minimum atomic E-state index is -0.477. The van der Waals surface area contributed by atoms with Crippen LogP contribution in [0.25, 0.3) is 11.3 Å². The highest BCUT2D eigenvalue weighted by atomic mass is 16.5. The van der Waals surface area contributed by atoms with E-state index in [0.717, 1.165) is 11.1 Å². The molecule has 0 bridgehead atoms. The quantitative estimate of drug-likeness (QED) is 0.546. The highest BCUT2D eigenvalue weighted by Gasteiger charge is 2.24. The summed E-state index contributed by atoms with van der Waals surface area (Å²) in [4.78, 5) is 17.3. The summed E-state index contributed by atoms with van der Waals surface area (Å²) in [6.07, 6.45) is 3.52. The molecule has 0 aliphatic carbocycles. The van der Waals surface area contributed by atoms with E-state index >= 15 is 0 Å². The number of nitrogens with zero attached hydrogens (tertiary/aromatic N) is 3. The van der Waals surface area contributed by atoms with Gasteiger partial charge in [-0.05, 0) is 17.7 Å². The molecule has 1 amide bonds. The number of nitrogens with one attached hydrogen (secondary N) is 1. The third-order valence-electron chi connectivity index (χ3n) is 4.62. The van der Waals surface area contributed by atoms with Crippen molar-refractivity contribution in [1.29, 1.82) is 0 Å². The minimum absolute atomic E-state index is 0.200. The third kappa shape index (κ3) is 3.89. The molecule has 29 heavy (non-hydrogen) atoms. The molecule has 0 saturated carbocycles. The summed E-state index contributed by atoms with van der Waals surface area (Å²) in [7, 11) is 3.49. The van der Waals surface area contributed by atoms with Gasteiger partial charge in [-0.3, -0.25) is 4.79 Å². The van der Waals surface area contributed by atoms with Crippen molar-refractivity contribution in [2.45, 2.75) is 6.04 Å². The van der Waals surface area contributed by atoms with Crippen molar-refractivity contribution in [2.75, 3.05) is 7.11 Å². The molecule has 0 aliphatic rings. The number of benzene rings is 2. The van der Waals surface area contributed by atoms with Gasteiger partial charge in [0.15, 0.2) is 11.5 Å². The van der Waals surface area contributed by atoms with Gasteiger partial charge in [-0.1, -0.05) is 47.6 Å². The molecule has 1 unspecified atom stereocenters. The van der Waals surface area contributed by atoms with E-state index < -0.39 is 6.04 Å². The lowest BCUT2D eigenvalue weighted by Gasteiger charge is -2.19. The molecule has 0 saturated heterocycles. The van der Waals surface area contributed by atoms with Crippen LogP contribution in [0.5, 0.6) is 5.75 Å². The van der Waals surface area contributed by atoms with Gasteiger partial charge in [0, 0.05) is 31.1 Å². The fraction of sp³-hybridized carbons (Fsp3) is 0.136. The summed E-state index contributed by atoms with van der Waals surface area (Å²) in [5.41, 5.74) is 1.90. The Morgan fingerprint density at radius 1 is 1.14 bits per heavy atom. The van der Waals surface area contributed by atoms with E-state index in [0.29, 0.717) is 17.3 Å². The topological polar surface area (TPSA) is 82.2 Å². The molecule has 146 valence electrons. The lowest BCUT2D eigenvalue weighted by Crippen LogP contribution is -2.31. The van der Waals surface area contributed by atoms with E-state index in [1.807, 2.05) is 72.4 Å². The number of carbonyl (C=O) groups excluding carboxylic acids is 1. The van der Waals surface area contributed by atoms with E-state index in [9.17, 15) is 4.79 Å². The molecule has 0 spiro atoms. The summed E-state index contributed by atoms with van der Waals surface area (Å²) >= 11 is 0. The average Bonchev–Trinajstić information content (AvgIpc) is 3.42. The number of methoxy groups -OCH3 is 1. The predicted molar refractivity (Wildman–Crippen MR) is 107 cm³/mol. The molecular formula is C22H20N4O3. The molecule has 4 aromatic rings. The first kappa shape index (κ1) is 18.5. The van der Waals surface area contributed by atoms with Crippen molar-refractivity contribution in [1.82, 2.24) is 20.0 Å². The maximum Gasteiger partial charge on any atom is 0.274 e. The summed E-state index contributed by atoms with van der Waals surface area (Å²) in [5, 5.41) is 6.95. The van der Waals surface area contributed by atoms with Crippen molar-refractivity contribution in [3.8, 4) is 17.1 Å². The zero-order valence-electron chi connectivity index (χ0n) is 16.1. The molecule has 4 rings (SSSR count). The monoisotopic (exact) mass is 388 g/mol. The Bertz CT molecular complexity index is 1120. The number of imidazole rings is 1. The molecule has 2 aromatic heterocycles. The van der Waals surface area contributed by atoms with Crippen molar-refractivity contribution in [3.05, 3.63) is 90.1 Å². The van der Waals surface area contributed by atoms with Crippen LogP contribution in [-0.4, -0.2) is 27.7 Å². The van der Waals surface area contributed by atoms with Crippen LogP contribution < -0.4 is 10.1 Å². The van der Waals surface area contributed by atoms with Crippen LogP contribution in [0.3, 0.4) is 0 Å². The maximum atomic E-state index is 12.9. The van der Waals surface area contributed by atoms with Gasteiger partial charge >= 0.3 is 0 Å². The van der Waals surface area contributed by atoms with Crippen molar-refractivity contribution < 1.29 is 14.1 Å². The number of aryl methyl sites for hydroxylation is 1. The Balaban J connectivity index is 1.63. The van der Waals surface area contributed by atoms with Gasteiger partial charge in [0.1, 0.15) is 17.6 Å². The second-order valence-corrected chi connectivity index (χ2v) is 6.52. The molecule has 1 N–H and O–H groups in total. The van der Waals surface area contributed by atoms with Crippen LogP contribution in [0, 0.1) is 0 Å². The lowest BCUT2D eigenvalue weighted by atomic mass is 10.1. The normalized spacial score (nSPS) is 11.8. The fourth-order valence-corrected chi connectivity index (χ4v) is 3.10. The maximum absolute atomic E-state index is 12.9. The van der Waals surface area contributed by atoms with Crippen LogP contribution in [-0.2, 0) is 7.05 Å². The van der Waals surface area contributed by atoms with Crippen LogP contribution >= 0.6 is 0 Å². The standard InChI is InChI=1S/C22H20N4O3/c1-26-12-11-23-21(26)20(16-9-6-10-17(13-16)28-2)24-22(27)18-14-19(29-25-18)15-7-4-3-5-8-15/h3-14,20H,1-2H3,(H,24,27). The molecular weight excluding hydrogens is 368 g/mol. The Morgan fingerprint density at radius 3 is 2.69 bits per heavy atom. The highest BCUT2D eigenvalue weighted by molar-refractivity contribution is 5.93. The van der Waals surface area contributed by atoms with Crippen LogP contribution in [0.2, 0.25) is 0 Å². The molecule has 0 radical (unpaired) electrons. The van der Waals surface area contributed by atoms with Gasteiger partial charge in [-0.2, -0.15) is 0 Å². The predicted octanol–water partition coefficient (Wildman–Crippen LogP) is 3.60. The molecule has 7 nitrogen and oxygen atoms in total. The fourth-order valence-electron chi connectivity index (χ4n) is 3.10. The molecule has 2 aromatic carbocycles. The Kier molecular flexibility index (Phi) is 5.11. The van der Waals surface area contributed by atoms with Gasteiger partial charge < -0.3 is 19.1 Å². The van der Waals surface area contributed by atoms with Crippen molar-refractivity contribution in [3.63, 3.8) is 0 Å². The zero-order valence-corrected chi connectivity index (χ0v) is 16.1. The summed E-state index contributed by atoms with van der Waals surface area (Å²) in [5.74, 6) is 1.57. The van der Waals surface area contributed by atoms with Gasteiger partial charge in [-0.15, -0.1) is 0 Å². The minimum Gasteiger partial charge on any atom is -0.497 e. The number of rotatable bonds is 6. The van der Waals surface area contributed by atoms with Crippen LogP contribution in [0.15, 0.2) is 77.6 Å². The largest absolute Gasteiger partial charge is 0.497 e. The van der Waals surface area contributed by atoms with E-state index in [2.05, 4.69) is 15.5 Å². The smallest absolute Gasteiger partial charge is 0.274 e. The Hall–Kier alpha value is -3.87. The molecule has 2 heterocycles. The van der Waals surface area contributed by atoms with E-state index in [-0.39, 0.29) is 11.6 Å². The molecule has 7 heteroatoms. The van der Waals surface area contributed by atoms with Crippen LogP contribution in [0.4, 0.5) is 0 Å². The van der Waals surface area contributed by atoms with Crippen LogP contribution in [0.1, 0.15) is 27.9 Å². The lowest BCUT2D eigenvalue weighted by molar-refractivity contribution is 0.0932. The number of hydrogen-bond donors (Lipinski definition) is 1. The van der Waals surface area contributed by atoms with Crippen molar-refractivity contribution >= 4 is 5.91 Å². The zero-order chi connectivity index (χ0) is 20.2. The Labute approximate surface area is 167 Å². The summed E-state index contributed by atoms with van der Waals surface area (Å²) < 4.78 is 12.5. The average molecular weight is 388 g/mol. The summed E-state index contributed by atoms with van der Waals surface area (Å²) in [6.45, 7) is 0. The first-order valence-electron chi connectivity index (χ1n) is 9.10. The molecule has 1 atom stereocenters. The highest BCUT2D eigenvalue weighted by Crippen LogP contribution is 2.25. The first-order chi connectivity index (χ1) is 14.2. The molecule has 0 fully saturated rings. The number of ether oxygens (including phenoxy) is 1. The third-order valence-corrected chi connectivity index (χ3v) is 4.62. The van der Waals surface area contributed by atoms with E-state index in [4.69, 9.17) is 9.26 Å². The molecule has 0 aliphatic heterocycles. The number of hydrogen-bond acceptors (Lipinski definition) is 5. The second-order valence-electron chi connectivity index (χ2n) is 6.52. The Morgan fingerprint density at radius 2 is 1.97 bits per heavy atom. The van der Waals surface area contributed by atoms with E-state index in [1.54, 1.807) is 19.4 Å². The summed E-state index contributed by atoms with van der Waals surface area (Å²) in [6, 6.07) is 18.2. The van der Waals surface area contributed by atoms with Gasteiger partial charge in [0.25, 0.3) is 5.91 Å². The van der Waals surface area contributed by atoms with Gasteiger partial charge in [0.2, 0.25) is 0 Å². The van der Waals surface area contributed by atoms with E-state index in [1.165, 1.54) is 0 Å². The van der Waals surface area contributed by atoms with Gasteiger partial charge in [0.05, 0.1) is 7.11 Å². The number of amides is 1. The first-order valence-corrected chi connectivity index (χ1v) is 9.10. The number of carbonyl (C=O) groups is 1.